The van der Waals surface area contributed by atoms with Crippen LogP contribution in [-0.2, 0) is 0 Å². The number of hydrogen-bond acceptors (Lipinski definition) is 5. The monoisotopic (exact) mass is 349 g/mol. The van der Waals surface area contributed by atoms with Crippen molar-refractivity contribution in [1.29, 1.82) is 0 Å². The van der Waals surface area contributed by atoms with Crippen LogP contribution in [0.5, 0.6) is 0 Å². The second kappa shape index (κ2) is 8.29. The average Bonchev–Trinajstić information content (AvgIpc) is 2.59. The summed E-state index contributed by atoms with van der Waals surface area (Å²) in [7, 11) is 1.66. The summed E-state index contributed by atoms with van der Waals surface area (Å²) in [5, 5.41) is 20.5. The number of piperidine rings is 1. The van der Waals surface area contributed by atoms with Gasteiger partial charge < -0.3 is 14.9 Å². The summed E-state index contributed by atoms with van der Waals surface area (Å²) in [5.41, 5.74) is 1.03. The third-order valence-electron chi connectivity index (χ3n) is 4.77. The minimum atomic E-state index is -0.497. The third kappa shape index (κ3) is 4.92. The van der Waals surface area contributed by atoms with E-state index >= 15 is 0 Å². The van der Waals surface area contributed by atoms with E-state index in [1.807, 2.05) is 0 Å². The fourth-order valence-electron chi connectivity index (χ4n) is 3.02. The van der Waals surface area contributed by atoms with E-state index in [4.69, 9.17) is 0 Å². The van der Waals surface area contributed by atoms with Crippen LogP contribution in [0.25, 0.3) is 0 Å². The Morgan fingerprint density at radius 1 is 1.44 bits per heavy atom. The zero-order valence-electron chi connectivity index (χ0n) is 15.1. The molecular weight excluding hydrogens is 322 g/mol. The lowest BCUT2D eigenvalue weighted by Gasteiger charge is -2.33. The number of amides is 1. The first kappa shape index (κ1) is 19.2. The number of aliphatic hydroxyl groups is 1. The highest BCUT2D eigenvalue weighted by molar-refractivity contribution is 6.00. The Hall–Kier alpha value is -2.15. The van der Waals surface area contributed by atoms with Crippen LogP contribution < -0.4 is 4.90 Å². The lowest BCUT2D eigenvalue weighted by Crippen LogP contribution is -2.36. The molecule has 1 unspecified atom stereocenters. The van der Waals surface area contributed by atoms with Gasteiger partial charge in [0.1, 0.15) is 0 Å². The molecule has 0 aromatic heterocycles. The molecule has 1 N–H and O–H groups in total. The van der Waals surface area contributed by atoms with Crippen molar-refractivity contribution in [2.75, 3.05) is 31.6 Å². The average molecular weight is 349 g/mol. The number of aliphatic hydroxyl groups excluding tert-OH is 1. The van der Waals surface area contributed by atoms with Crippen molar-refractivity contribution in [3.63, 3.8) is 0 Å². The van der Waals surface area contributed by atoms with Crippen LogP contribution in [0.1, 0.15) is 43.5 Å². The van der Waals surface area contributed by atoms with Crippen LogP contribution in [0.2, 0.25) is 0 Å². The summed E-state index contributed by atoms with van der Waals surface area (Å²) in [6.45, 7) is 5.97. The van der Waals surface area contributed by atoms with Gasteiger partial charge in [-0.15, -0.1) is 0 Å². The predicted octanol–water partition coefficient (Wildman–Crippen LogP) is 2.67. The number of nitrogens with zero attached hydrogens (tertiary/aromatic N) is 3. The number of anilines is 1. The third-order valence-corrected chi connectivity index (χ3v) is 4.77. The Balaban J connectivity index is 2.30. The number of carbonyl (C=O) groups is 1. The Morgan fingerprint density at radius 3 is 2.64 bits per heavy atom. The maximum atomic E-state index is 12.9. The summed E-state index contributed by atoms with van der Waals surface area (Å²) in [6, 6.07) is 4.51. The van der Waals surface area contributed by atoms with Gasteiger partial charge in [-0.3, -0.25) is 14.9 Å². The van der Waals surface area contributed by atoms with Gasteiger partial charge in [-0.2, -0.15) is 0 Å². The lowest BCUT2D eigenvalue weighted by atomic mass is 9.97. The number of rotatable bonds is 6. The Bertz CT molecular complexity index is 625. The highest BCUT2D eigenvalue weighted by Gasteiger charge is 2.25. The largest absolute Gasteiger partial charge is 0.393 e. The number of carbonyl (C=O) groups excluding carboxylic acids is 1. The van der Waals surface area contributed by atoms with Gasteiger partial charge in [0.05, 0.1) is 22.3 Å². The number of non-ortho nitro benzene ring substituents is 1. The SMILES string of the molecule is CC(O)CCN(C)C(=O)c1cc([N+](=O)[O-])ccc1N1CCC(C)CC1. The fourth-order valence-corrected chi connectivity index (χ4v) is 3.02. The van der Waals surface area contributed by atoms with E-state index in [9.17, 15) is 20.0 Å². The van der Waals surface area contributed by atoms with Crippen molar-refractivity contribution in [3.05, 3.63) is 33.9 Å². The maximum absolute atomic E-state index is 12.9. The molecule has 1 heterocycles. The van der Waals surface area contributed by atoms with Gasteiger partial charge in [-0.05, 0) is 38.2 Å². The molecule has 0 radical (unpaired) electrons. The Labute approximate surface area is 148 Å². The topological polar surface area (TPSA) is 86.9 Å². The van der Waals surface area contributed by atoms with Crippen molar-refractivity contribution < 1.29 is 14.8 Å². The van der Waals surface area contributed by atoms with Gasteiger partial charge in [0.15, 0.2) is 0 Å². The second-order valence-corrected chi connectivity index (χ2v) is 6.99. The van der Waals surface area contributed by atoms with Crippen molar-refractivity contribution >= 4 is 17.3 Å². The molecule has 138 valence electrons. The molecule has 1 aromatic rings. The van der Waals surface area contributed by atoms with Gasteiger partial charge in [0.25, 0.3) is 11.6 Å². The summed E-state index contributed by atoms with van der Waals surface area (Å²) in [5.74, 6) is 0.403. The van der Waals surface area contributed by atoms with Gasteiger partial charge >= 0.3 is 0 Å². The number of nitro groups is 1. The molecule has 1 aliphatic heterocycles. The fraction of sp³-hybridized carbons (Fsp3) is 0.611. The quantitative estimate of drug-likeness (QED) is 0.630. The van der Waals surface area contributed by atoms with Gasteiger partial charge in [-0.1, -0.05) is 6.92 Å². The highest BCUT2D eigenvalue weighted by Crippen LogP contribution is 2.30. The minimum Gasteiger partial charge on any atom is -0.393 e. The molecule has 0 spiro atoms. The molecular formula is C18H27N3O4. The van der Waals surface area contributed by atoms with Crippen LogP contribution in [0.3, 0.4) is 0 Å². The molecule has 1 amide bonds. The van der Waals surface area contributed by atoms with Gasteiger partial charge in [0, 0.05) is 38.8 Å². The summed E-state index contributed by atoms with van der Waals surface area (Å²) >= 11 is 0. The number of nitro benzene ring substituents is 1. The van der Waals surface area contributed by atoms with Crippen LogP contribution in [-0.4, -0.2) is 53.6 Å². The minimum absolute atomic E-state index is 0.0820. The molecule has 1 aromatic carbocycles. The molecule has 1 aliphatic rings. The van der Waals surface area contributed by atoms with E-state index in [1.54, 1.807) is 20.0 Å². The zero-order chi connectivity index (χ0) is 18.6. The molecule has 7 heteroatoms. The summed E-state index contributed by atoms with van der Waals surface area (Å²) in [4.78, 5) is 27.2. The van der Waals surface area contributed by atoms with Crippen LogP contribution >= 0.6 is 0 Å². The molecule has 1 fully saturated rings. The number of benzene rings is 1. The van der Waals surface area contributed by atoms with Crippen molar-refractivity contribution in [1.82, 2.24) is 4.90 Å². The van der Waals surface area contributed by atoms with E-state index in [0.717, 1.165) is 31.6 Å². The molecule has 25 heavy (non-hydrogen) atoms. The number of hydrogen-bond donors (Lipinski definition) is 1. The van der Waals surface area contributed by atoms with E-state index in [-0.39, 0.29) is 11.6 Å². The van der Waals surface area contributed by atoms with Gasteiger partial charge in [-0.25, -0.2) is 0 Å². The maximum Gasteiger partial charge on any atom is 0.270 e. The smallest absolute Gasteiger partial charge is 0.270 e. The van der Waals surface area contributed by atoms with Crippen LogP contribution in [0.15, 0.2) is 18.2 Å². The normalized spacial score (nSPS) is 16.6. The molecule has 1 atom stereocenters. The molecule has 0 saturated carbocycles. The zero-order valence-corrected chi connectivity index (χ0v) is 15.1. The summed E-state index contributed by atoms with van der Waals surface area (Å²) in [6.07, 6.45) is 2.06. The first-order valence-corrected chi connectivity index (χ1v) is 8.76. The standard InChI is InChI=1S/C18H27N3O4/c1-13-6-10-20(11-7-13)17-5-4-15(21(24)25)12-16(17)18(23)19(3)9-8-14(2)22/h4-5,12-14,22H,6-11H2,1-3H3. The Kier molecular flexibility index (Phi) is 6.36. The van der Waals surface area contributed by atoms with Crippen LogP contribution in [0, 0.1) is 16.0 Å². The van der Waals surface area contributed by atoms with Crippen molar-refractivity contribution in [2.45, 2.75) is 39.2 Å². The van der Waals surface area contributed by atoms with E-state index in [1.165, 1.54) is 17.0 Å². The van der Waals surface area contributed by atoms with Crippen molar-refractivity contribution in [2.24, 2.45) is 5.92 Å². The second-order valence-electron chi connectivity index (χ2n) is 6.99. The van der Waals surface area contributed by atoms with E-state index in [2.05, 4.69) is 11.8 Å². The van der Waals surface area contributed by atoms with Crippen LogP contribution in [0.4, 0.5) is 11.4 Å². The molecule has 2 rings (SSSR count). The van der Waals surface area contributed by atoms with E-state index in [0.29, 0.717) is 24.4 Å². The Morgan fingerprint density at radius 2 is 2.08 bits per heavy atom. The van der Waals surface area contributed by atoms with E-state index < -0.39 is 11.0 Å². The van der Waals surface area contributed by atoms with Crippen molar-refractivity contribution in [3.8, 4) is 0 Å². The summed E-state index contributed by atoms with van der Waals surface area (Å²) < 4.78 is 0. The molecule has 1 saturated heterocycles. The molecule has 7 nitrogen and oxygen atoms in total. The van der Waals surface area contributed by atoms with Gasteiger partial charge in [0.2, 0.25) is 0 Å². The first-order valence-electron chi connectivity index (χ1n) is 8.76. The molecule has 0 aliphatic carbocycles. The molecule has 0 bridgehead atoms. The first-order chi connectivity index (χ1) is 11.8. The predicted molar refractivity (Wildman–Crippen MR) is 97.0 cm³/mol. The lowest BCUT2D eigenvalue weighted by molar-refractivity contribution is -0.384. The highest BCUT2D eigenvalue weighted by atomic mass is 16.6.